The minimum Gasteiger partial charge on any atom is -0.463 e. The van der Waals surface area contributed by atoms with E-state index in [2.05, 4.69) is 0 Å². The molecule has 0 bridgehead atoms. The van der Waals surface area contributed by atoms with Crippen molar-refractivity contribution in [2.45, 2.75) is 5.75 Å². The van der Waals surface area contributed by atoms with E-state index in [1.165, 1.54) is 48.7 Å². The highest BCUT2D eigenvalue weighted by molar-refractivity contribution is 7.86. The first kappa shape index (κ1) is 20.3. The minimum absolute atomic E-state index is 0.00924. The van der Waals surface area contributed by atoms with Gasteiger partial charge >= 0.3 is 10.1 Å². The zero-order valence-electron chi connectivity index (χ0n) is 15.9. The van der Waals surface area contributed by atoms with E-state index in [-0.39, 0.29) is 22.4 Å². The molecule has 0 unspecified atom stereocenters. The van der Waals surface area contributed by atoms with Crippen LogP contribution in [0.2, 0.25) is 0 Å². The van der Waals surface area contributed by atoms with Gasteiger partial charge in [0.25, 0.3) is 5.69 Å². The topological polar surface area (TPSA) is 117 Å². The van der Waals surface area contributed by atoms with Crippen molar-refractivity contribution in [1.29, 1.82) is 0 Å². The van der Waals surface area contributed by atoms with Crippen LogP contribution in [-0.2, 0) is 15.9 Å². The minimum atomic E-state index is -4.04. The molecule has 9 heteroatoms. The summed E-state index contributed by atoms with van der Waals surface area (Å²) in [5, 5.41) is 11.0. The third-order valence-corrected chi connectivity index (χ3v) is 5.68. The average molecular weight is 437 g/mol. The van der Waals surface area contributed by atoms with E-state index in [0.29, 0.717) is 22.1 Å². The van der Waals surface area contributed by atoms with Crippen molar-refractivity contribution in [3.05, 3.63) is 105 Å². The zero-order chi connectivity index (χ0) is 22.0. The van der Waals surface area contributed by atoms with Gasteiger partial charge in [0.15, 0.2) is 5.43 Å². The van der Waals surface area contributed by atoms with Gasteiger partial charge in [-0.3, -0.25) is 14.9 Å². The highest BCUT2D eigenvalue weighted by Gasteiger charge is 2.17. The maximum atomic E-state index is 12.8. The normalized spacial score (nSPS) is 11.4. The number of benzene rings is 3. The lowest BCUT2D eigenvalue weighted by Crippen LogP contribution is -2.12. The monoisotopic (exact) mass is 437 g/mol. The van der Waals surface area contributed by atoms with Crippen LogP contribution >= 0.6 is 0 Å². The Hall–Kier alpha value is -3.98. The van der Waals surface area contributed by atoms with Crippen LogP contribution < -0.4 is 9.61 Å². The Morgan fingerprint density at radius 3 is 2.35 bits per heavy atom. The summed E-state index contributed by atoms with van der Waals surface area (Å²) in [7, 11) is -4.04. The van der Waals surface area contributed by atoms with E-state index in [0.717, 1.165) is 0 Å². The molecule has 3 aromatic carbocycles. The molecule has 0 atom stereocenters. The first-order valence-electron chi connectivity index (χ1n) is 9.09. The Balaban J connectivity index is 1.58. The van der Waals surface area contributed by atoms with Crippen LogP contribution in [0.15, 0.2) is 88.3 Å². The van der Waals surface area contributed by atoms with Gasteiger partial charge in [0.1, 0.15) is 23.3 Å². The molecule has 0 aliphatic heterocycles. The van der Waals surface area contributed by atoms with Gasteiger partial charge in [0.05, 0.1) is 15.9 Å². The van der Waals surface area contributed by atoms with Gasteiger partial charge in [-0.1, -0.05) is 42.5 Å². The SMILES string of the molecule is O=c1c(-c2ccccc2)coc2cc(OS(=O)(=O)Cc3ccc([N+](=O)[O-])cc3)ccc12. The molecule has 4 aromatic rings. The van der Waals surface area contributed by atoms with Crippen molar-refractivity contribution in [3.63, 3.8) is 0 Å². The third kappa shape index (κ3) is 4.46. The lowest BCUT2D eigenvalue weighted by atomic mass is 10.1. The summed E-state index contributed by atoms with van der Waals surface area (Å²) >= 11 is 0. The Bertz CT molecular complexity index is 1430. The Labute approximate surface area is 176 Å². The van der Waals surface area contributed by atoms with Crippen LogP contribution in [0.25, 0.3) is 22.1 Å². The second-order valence-corrected chi connectivity index (χ2v) is 8.28. The van der Waals surface area contributed by atoms with Gasteiger partial charge in [-0.2, -0.15) is 8.42 Å². The van der Waals surface area contributed by atoms with Crippen LogP contribution in [0.5, 0.6) is 5.75 Å². The van der Waals surface area contributed by atoms with Gasteiger partial charge in [0.2, 0.25) is 0 Å². The van der Waals surface area contributed by atoms with E-state index in [1.54, 1.807) is 12.1 Å². The van der Waals surface area contributed by atoms with Crippen molar-refractivity contribution in [3.8, 4) is 16.9 Å². The molecule has 1 heterocycles. The largest absolute Gasteiger partial charge is 0.463 e. The van der Waals surface area contributed by atoms with Crippen LogP contribution in [0.1, 0.15) is 5.56 Å². The van der Waals surface area contributed by atoms with Gasteiger partial charge in [-0.25, -0.2) is 0 Å². The highest BCUT2D eigenvalue weighted by Crippen LogP contribution is 2.24. The molecule has 0 saturated heterocycles. The summed E-state index contributed by atoms with van der Waals surface area (Å²) in [6.45, 7) is 0. The van der Waals surface area contributed by atoms with Crippen molar-refractivity contribution in [2.75, 3.05) is 0 Å². The number of fused-ring (bicyclic) bond motifs is 1. The van der Waals surface area contributed by atoms with Gasteiger partial charge in [0, 0.05) is 18.2 Å². The zero-order valence-corrected chi connectivity index (χ0v) is 16.7. The molecule has 0 saturated carbocycles. The summed E-state index contributed by atoms with van der Waals surface area (Å²) in [6, 6.07) is 18.3. The van der Waals surface area contributed by atoms with E-state index in [4.69, 9.17) is 8.60 Å². The molecule has 8 nitrogen and oxygen atoms in total. The van der Waals surface area contributed by atoms with Crippen LogP contribution in [0.4, 0.5) is 5.69 Å². The van der Waals surface area contributed by atoms with Crippen molar-refractivity contribution < 1.29 is 21.9 Å². The predicted octanol–water partition coefficient (Wildman–Crippen LogP) is 4.28. The van der Waals surface area contributed by atoms with Gasteiger partial charge in [-0.05, 0) is 23.3 Å². The molecule has 156 valence electrons. The first-order valence-corrected chi connectivity index (χ1v) is 10.7. The number of nitrogens with zero attached hydrogens (tertiary/aromatic N) is 1. The Morgan fingerprint density at radius 1 is 0.968 bits per heavy atom. The number of nitro benzene ring substituents is 1. The maximum absolute atomic E-state index is 12.8. The van der Waals surface area contributed by atoms with Crippen LogP contribution in [0.3, 0.4) is 0 Å². The quantitative estimate of drug-likeness (QED) is 0.251. The molecule has 0 aliphatic carbocycles. The van der Waals surface area contributed by atoms with Crippen molar-refractivity contribution in [2.24, 2.45) is 0 Å². The fraction of sp³-hybridized carbons (Fsp3) is 0.0455. The molecular formula is C22H15NO7S. The van der Waals surface area contributed by atoms with Gasteiger partial charge < -0.3 is 8.60 Å². The molecule has 31 heavy (non-hydrogen) atoms. The Kier molecular flexibility index (Phi) is 5.26. The van der Waals surface area contributed by atoms with E-state index in [9.17, 15) is 23.3 Å². The molecule has 0 radical (unpaired) electrons. The molecular weight excluding hydrogens is 422 g/mol. The third-order valence-electron chi connectivity index (χ3n) is 4.54. The van der Waals surface area contributed by atoms with Crippen molar-refractivity contribution in [1.82, 2.24) is 0 Å². The second kappa shape index (κ2) is 8.04. The smallest absolute Gasteiger partial charge is 0.313 e. The predicted molar refractivity (Wildman–Crippen MR) is 114 cm³/mol. The summed E-state index contributed by atoms with van der Waals surface area (Å²) in [6.07, 6.45) is 1.33. The maximum Gasteiger partial charge on any atom is 0.313 e. The highest BCUT2D eigenvalue weighted by atomic mass is 32.2. The lowest BCUT2D eigenvalue weighted by molar-refractivity contribution is -0.384. The molecule has 0 spiro atoms. The molecule has 0 amide bonds. The van der Waals surface area contributed by atoms with E-state index < -0.39 is 20.8 Å². The van der Waals surface area contributed by atoms with Crippen LogP contribution in [-0.4, -0.2) is 13.3 Å². The molecule has 0 fully saturated rings. The summed E-state index contributed by atoms with van der Waals surface area (Å²) in [4.78, 5) is 22.9. The first-order chi connectivity index (χ1) is 14.8. The summed E-state index contributed by atoms with van der Waals surface area (Å²) in [5.74, 6) is -0.482. The molecule has 0 aliphatic rings. The Morgan fingerprint density at radius 2 is 1.68 bits per heavy atom. The number of non-ortho nitro benzene ring substituents is 1. The fourth-order valence-electron chi connectivity index (χ4n) is 3.07. The average Bonchev–Trinajstić information content (AvgIpc) is 2.74. The number of hydrogen-bond donors (Lipinski definition) is 0. The molecule has 0 N–H and O–H groups in total. The fourth-order valence-corrected chi connectivity index (χ4v) is 4.13. The number of hydrogen-bond acceptors (Lipinski definition) is 7. The number of rotatable bonds is 6. The molecule has 4 rings (SSSR count). The lowest BCUT2D eigenvalue weighted by Gasteiger charge is -2.08. The summed E-state index contributed by atoms with van der Waals surface area (Å²) in [5.41, 5.74) is 1.25. The van der Waals surface area contributed by atoms with E-state index in [1.807, 2.05) is 18.2 Å². The standard InChI is InChI=1S/C22H15NO7S/c24-22-19-11-10-18(12-21(19)29-13-20(22)16-4-2-1-3-5-16)30-31(27,28)14-15-6-8-17(9-7-15)23(25)26/h1-13H,14H2. The second-order valence-electron chi connectivity index (χ2n) is 6.71. The number of nitro groups is 1. The summed E-state index contributed by atoms with van der Waals surface area (Å²) < 4.78 is 35.4. The van der Waals surface area contributed by atoms with Gasteiger partial charge in [-0.15, -0.1) is 0 Å². The van der Waals surface area contributed by atoms with Crippen LogP contribution in [0, 0.1) is 10.1 Å². The van der Waals surface area contributed by atoms with Crippen molar-refractivity contribution >= 4 is 26.8 Å². The molecule has 1 aromatic heterocycles. The van der Waals surface area contributed by atoms with E-state index >= 15 is 0 Å².